The molecule has 0 aliphatic carbocycles. The average molecular weight is 449 g/mol. The number of nitrogens with zero attached hydrogens (tertiary/aromatic N) is 4. The van der Waals surface area contributed by atoms with E-state index in [0.717, 1.165) is 11.5 Å². The van der Waals surface area contributed by atoms with Crippen molar-refractivity contribution in [2.45, 2.75) is 13.3 Å². The van der Waals surface area contributed by atoms with E-state index in [9.17, 15) is 14.0 Å². The normalized spacial score (nSPS) is 15.5. The summed E-state index contributed by atoms with van der Waals surface area (Å²) in [5.41, 5.74) is 2.03. The van der Waals surface area contributed by atoms with E-state index in [-0.39, 0.29) is 30.6 Å². The number of hydrogen-bond acceptors (Lipinski definition) is 6. The van der Waals surface area contributed by atoms with Crippen molar-refractivity contribution >= 4 is 40.5 Å². The minimum atomic E-state index is -0.478. The Morgan fingerprint density at radius 2 is 1.73 bits per heavy atom. The van der Waals surface area contributed by atoms with Crippen LogP contribution in [0.15, 0.2) is 54.6 Å². The molecule has 1 fully saturated rings. The van der Waals surface area contributed by atoms with Gasteiger partial charge in [0.15, 0.2) is 0 Å². The van der Waals surface area contributed by atoms with Crippen molar-refractivity contribution in [2.75, 3.05) is 41.1 Å². The highest BCUT2D eigenvalue weighted by Gasteiger charge is 2.35. The lowest BCUT2D eigenvalue weighted by Gasteiger charge is -2.17. The fourth-order valence-corrected chi connectivity index (χ4v) is 3.63. The van der Waals surface area contributed by atoms with E-state index in [0.29, 0.717) is 23.0 Å². The predicted molar refractivity (Wildman–Crippen MR) is 126 cm³/mol. The first-order chi connectivity index (χ1) is 15.8. The van der Waals surface area contributed by atoms with Gasteiger partial charge in [-0.05, 0) is 55.5 Å². The molecule has 3 aromatic rings. The van der Waals surface area contributed by atoms with Gasteiger partial charge in [0.1, 0.15) is 23.3 Å². The molecule has 2 N–H and O–H groups in total. The van der Waals surface area contributed by atoms with Crippen LogP contribution in [-0.4, -0.2) is 42.4 Å². The number of carbonyl (C=O) groups excluding carboxylic acids is 2. The number of rotatable bonds is 6. The van der Waals surface area contributed by atoms with Crippen LogP contribution in [0.25, 0.3) is 0 Å². The van der Waals surface area contributed by atoms with Crippen molar-refractivity contribution in [2.24, 2.45) is 5.92 Å². The molecular formula is C24H25FN6O2. The van der Waals surface area contributed by atoms with Gasteiger partial charge in [-0.15, -0.1) is 0 Å². The number of halogens is 1. The lowest BCUT2D eigenvalue weighted by atomic mass is 10.1. The van der Waals surface area contributed by atoms with Crippen molar-refractivity contribution < 1.29 is 14.0 Å². The topological polar surface area (TPSA) is 90.5 Å². The Hall–Kier alpha value is -4.01. The maximum absolute atomic E-state index is 13.2. The first-order valence-electron chi connectivity index (χ1n) is 10.6. The van der Waals surface area contributed by atoms with Gasteiger partial charge in [-0.3, -0.25) is 9.59 Å². The third-order valence-corrected chi connectivity index (χ3v) is 5.34. The molecule has 2 aromatic carbocycles. The highest BCUT2D eigenvalue weighted by Crippen LogP contribution is 2.27. The van der Waals surface area contributed by atoms with Gasteiger partial charge >= 0.3 is 0 Å². The summed E-state index contributed by atoms with van der Waals surface area (Å²) in [6.45, 7) is 2.10. The SMILES string of the molecule is Cc1nc(Nc2ccc(NC(=O)C3CC(=O)N(c4ccc(F)cc4)C3)cc2)cc(N(C)C)n1. The number of hydrogen-bond donors (Lipinski definition) is 2. The lowest BCUT2D eigenvalue weighted by Crippen LogP contribution is -2.28. The Morgan fingerprint density at radius 3 is 2.39 bits per heavy atom. The van der Waals surface area contributed by atoms with Gasteiger partial charge in [-0.25, -0.2) is 14.4 Å². The number of nitrogens with one attached hydrogen (secondary N) is 2. The van der Waals surface area contributed by atoms with Gasteiger partial charge in [0, 0.05) is 50.2 Å². The molecule has 170 valence electrons. The Balaban J connectivity index is 1.38. The molecule has 33 heavy (non-hydrogen) atoms. The summed E-state index contributed by atoms with van der Waals surface area (Å²) in [6, 6.07) is 14.8. The van der Waals surface area contributed by atoms with Crippen LogP contribution in [0.1, 0.15) is 12.2 Å². The molecule has 0 spiro atoms. The summed E-state index contributed by atoms with van der Waals surface area (Å²) in [7, 11) is 3.83. The fourth-order valence-electron chi connectivity index (χ4n) is 3.63. The number of aromatic nitrogens is 2. The molecule has 8 nitrogen and oxygen atoms in total. The van der Waals surface area contributed by atoms with Gasteiger partial charge < -0.3 is 20.4 Å². The highest BCUT2D eigenvalue weighted by molar-refractivity contribution is 6.03. The number of aryl methyl sites for hydroxylation is 1. The first-order valence-corrected chi connectivity index (χ1v) is 10.6. The van der Waals surface area contributed by atoms with Crippen LogP contribution in [-0.2, 0) is 9.59 Å². The largest absolute Gasteiger partial charge is 0.363 e. The summed E-state index contributed by atoms with van der Waals surface area (Å²) in [4.78, 5) is 37.3. The molecule has 1 aromatic heterocycles. The zero-order valence-corrected chi connectivity index (χ0v) is 18.7. The minimum Gasteiger partial charge on any atom is -0.363 e. The van der Waals surface area contributed by atoms with Gasteiger partial charge in [0.05, 0.1) is 5.92 Å². The summed E-state index contributed by atoms with van der Waals surface area (Å²) in [5, 5.41) is 6.11. The van der Waals surface area contributed by atoms with Crippen molar-refractivity contribution in [3.05, 3.63) is 66.2 Å². The van der Waals surface area contributed by atoms with E-state index in [1.165, 1.54) is 17.0 Å². The van der Waals surface area contributed by atoms with Crippen molar-refractivity contribution in [1.29, 1.82) is 0 Å². The standard InChI is InChI=1S/C24H25FN6O2/c1-15-26-21(13-22(27-15)30(2)3)28-18-6-8-19(9-7-18)29-24(33)16-12-23(32)31(14-16)20-10-4-17(25)5-11-20/h4-11,13,16H,12,14H2,1-3H3,(H,29,33)(H,26,27,28). The van der Waals surface area contributed by atoms with Gasteiger partial charge in [-0.1, -0.05) is 0 Å². The smallest absolute Gasteiger partial charge is 0.229 e. The Labute approximate surface area is 191 Å². The molecular weight excluding hydrogens is 423 g/mol. The second kappa shape index (κ2) is 9.23. The maximum Gasteiger partial charge on any atom is 0.229 e. The van der Waals surface area contributed by atoms with Crippen molar-refractivity contribution in [3.8, 4) is 0 Å². The lowest BCUT2D eigenvalue weighted by molar-refractivity contribution is -0.122. The summed E-state index contributed by atoms with van der Waals surface area (Å²) in [6.07, 6.45) is 0.115. The molecule has 1 atom stereocenters. The summed E-state index contributed by atoms with van der Waals surface area (Å²) < 4.78 is 13.2. The number of amides is 2. The quantitative estimate of drug-likeness (QED) is 0.597. The van der Waals surface area contributed by atoms with Crippen molar-refractivity contribution in [1.82, 2.24) is 9.97 Å². The minimum absolute atomic E-state index is 0.115. The van der Waals surface area contributed by atoms with Gasteiger partial charge in [0.25, 0.3) is 0 Å². The highest BCUT2D eigenvalue weighted by atomic mass is 19.1. The van der Waals surface area contributed by atoms with Crippen LogP contribution in [0.5, 0.6) is 0 Å². The number of anilines is 5. The summed E-state index contributed by atoms with van der Waals surface area (Å²) >= 11 is 0. The Kier molecular flexibility index (Phi) is 6.21. The number of benzene rings is 2. The van der Waals surface area contributed by atoms with E-state index in [2.05, 4.69) is 20.6 Å². The second-order valence-corrected chi connectivity index (χ2v) is 8.13. The molecule has 9 heteroatoms. The number of carbonyl (C=O) groups is 2. The van der Waals surface area contributed by atoms with Crippen LogP contribution in [0.2, 0.25) is 0 Å². The van der Waals surface area contributed by atoms with E-state index in [4.69, 9.17) is 0 Å². The van der Waals surface area contributed by atoms with Gasteiger partial charge in [0.2, 0.25) is 11.8 Å². The van der Waals surface area contributed by atoms with E-state index in [1.807, 2.05) is 44.1 Å². The van der Waals surface area contributed by atoms with E-state index < -0.39 is 5.92 Å². The molecule has 4 rings (SSSR count). The van der Waals surface area contributed by atoms with Crippen molar-refractivity contribution in [3.63, 3.8) is 0 Å². The zero-order valence-electron chi connectivity index (χ0n) is 18.7. The predicted octanol–water partition coefficient (Wildman–Crippen LogP) is 3.73. The molecule has 2 amide bonds. The molecule has 0 radical (unpaired) electrons. The molecule has 1 unspecified atom stereocenters. The van der Waals surface area contributed by atoms with E-state index in [1.54, 1.807) is 24.3 Å². The Morgan fingerprint density at radius 1 is 1.06 bits per heavy atom. The summed E-state index contributed by atoms with van der Waals surface area (Å²) in [5.74, 6) is 0.907. The molecule has 2 heterocycles. The zero-order chi connectivity index (χ0) is 23.5. The Bertz CT molecular complexity index is 1160. The molecule has 1 saturated heterocycles. The maximum atomic E-state index is 13.2. The van der Waals surface area contributed by atoms with Gasteiger partial charge in [-0.2, -0.15) is 0 Å². The van der Waals surface area contributed by atoms with E-state index >= 15 is 0 Å². The molecule has 1 aliphatic heterocycles. The average Bonchev–Trinajstić information content (AvgIpc) is 3.17. The third kappa shape index (κ3) is 5.25. The van der Waals surface area contributed by atoms with Crippen LogP contribution >= 0.6 is 0 Å². The van der Waals surface area contributed by atoms with Crippen LogP contribution < -0.4 is 20.4 Å². The fraction of sp³-hybridized carbons (Fsp3) is 0.250. The first kappa shape index (κ1) is 22.2. The second-order valence-electron chi connectivity index (χ2n) is 8.13. The monoisotopic (exact) mass is 448 g/mol. The van der Waals surface area contributed by atoms with Crippen LogP contribution in [0.3, 0.4) is 0 Å². The molecule has 0 saturated carbocycles. The van der Waals surface area contributed by atoms with Crippen LogP contribution in [0.4, 0.5) is 33.1 Å². The third-order valence-electron chi connectivity index (χ3n) is 5.34. The van der Waals surface area contributed by atoms with Crippen LogP contribution in [0, 0.1) is 18.7 Å². The molecule has 0 bridgehead atoms. The molecule has 1 aliphatic rings.